The van der Waals surface area contributed by atoms with Crippen LogP contribution in [0.3, 0.4) is 0 Å². The topological polar surface area (TPSA) is 106 Å². The number of pyridine rings is 2. The molecule has 38 heavy (non-hydrogen) atoms. The Balaban J connectivity index is 1.18. The minimum atomic E-state index is -0.605. The number of nitrogens with zero attached hydrogens (tertiary/aromatic N) is 8. The Hall–Kier alpha value is -4.06. The molecule has 4 aromatic heterocycles. The number of hydrogen-bond donors (Lipinski definition) is 1. The number of methoxy groups -OCH3 is 1. The van der Waals surface area contributed by atoms with Crippen molar-refractivity contribution in [3.05, 3.63) is 65.4 Å². The number of carbonyl (C=O) groups excluding carboxylic acids is 1. The zero-order chi connectivity index (χ0) is 26.2. The van der Waals surface area contributed by atoms with E-state index in [-0.39, 0.29) is 23.7 Å². The van der Waals surface area contributed by atoms with Gasteiger partial charge in [0, 0.05) is 50.8 Å². The number of hydrogen-bond acceptors (Lipinski definition) is 8. The number of likely N-dealkylation sites (N-methyl/N-ethyl adjacent to an activating group) is 1. The molecular weight excluding hydrogens is 489 g/mol. The van der Waals surface area contributed by atoms with Crippen LogP contribution in [0.2, 0.25) is 0 Å². The zero-order valence-corrected chi connectivity index (χ0v) is 21.5. The van der Waals surface area contributed by atoms with Crippen molar-refractivity contribution >= 4 is 17.2 Å². The van der Waals surface area contributed by atoms with E-state index in [0.29, 0.717) is 12.5 Å². The first kappa shape index (κ1) is 24.3. The lowest BCUT2D eigenvalue weighted by Crippen LogP contribution is -2.44. The molecule has 2 fully saturated rings. The van der Waals surface area contributed by atoms with Crippen LogP contribution in [0, 0.1) is 5.82 Å². The second-order valence-corrected chi connectivity index (χ2v) is 9.94. The summed E-state index contributed by atoms with van der Waals surface area (Å²) in [4.78, 5) is 26.3. The summed E-state index contributed by atoms with van der Waals surface area (Å²) < 4.78 is 23.0. The van der Waals surface area contributed by atoms with E-state index in [1.54, 1.807) is 10.9 Å². The molecule has 12 heteroatoms. The minimum Gasteiger partial charge on any atom is -0.494 e. The van der Waals surface area contributed by atoms with Crippen molar-refractivity contribution in [1.82, 2.24) is 39.6 Å². The van der Waals surface area contributed by atoms with Crippen LogP contribution < -0.4 is 15.0 Å². The number of fused-ring (bicyclic) bond motifs is 1. The molecule has 1 saturated carbocycles. The first-order valence-electron chi connectivity index (χ1n) is 12.8. The van der Waals surface area contributed by atoms with Gasteiger partial charge in [-0.3, -0.25) is 9.78 Å². The number of amides is 1. The fraction of sp³-hybridized carbons (Fsp3) is 0.423. The van der Waals surface area contributed by atoms with Gasteiger partial charge in [0.2, 0.25) is 0 Å². The SMILES string of the molecule is COc1ccnc(CNC(=O)c2cn(Cc3cn4cc(C5CC5)cc(N5CCN(C)CC5)c4n3)nn2)c1F. The summed E-state index contributed by atoms with van der Waals surface area (Å²) >= 11 is 0. The Morgan fingerprint density at radius 1 is 1.18 bits per heavy atom. The molecule has 1 saturated heterocycles. The van der Waals surface area contributed by atoms with Gasteiger partial charge in [0.05, 0.1) is 43.5 Å². The van der Waals surface area contributed by atoms with Gasteiger partial charge in [0.1, 0.15) is 0 Å². The number of ether oxygens (including phenoxy) is 1. The zero-order valence-electron chi connectivity index (χ0n) is 21.5. The van der Waals surface area contributed by atoms with Crippen molar-refractivity contribution in [3.63, 3.8) is 0 Å². The summed E-state index contributed by atoms with van der Waals surface area (Å²) in [7, 11) is 3.53. The van der Waals surface area contributed by atoms with Crippen molar-refractivity contribution < 1.29 is 13.9 Å². The summed E-state index contributed by atoms with van der Waals surface area (Å²) in [6.45, 7) is 4.27. The number of imidazole rings is 1. The van der Waals surface area contributed by atoms with Crippen LogP contribution in [-0.4, -0.2) is 80.5 Å². The highest BCUT2D eigenvalue weighted by Gasteiger charge is 2.27. The molecule has 1 amide bonds. The van der Waals surface area contributed by atoms with Crippen LogP contribution in [0.15, 0.2) is 36.9 Å². The molecule has 4 aromatic rings. The highest BCUT2D eigenvalue weighted by molar-refractivity contribution is 5.91. The van der Waals surface area contributed by atoms with E-state index < -0.39 is 11.7 Å². The number of piperazine rings is 1. The molecule has 6 rings (SSSR count). The lowest BCUT2D eigenvalue weighted by molar-refractivity contribution is 0.0945. The number of nitrogens with one attached hydrogen (secondary N) is 1. The summed E-state index contributed by atoms with van der Waals surface area (Å²) in [6, 6.07) is 3.74. The molecule has 0 aromatic carbocycles. The average molecular weight is 520 g/mol. The standard InChI is InChI=1S/C26H30FN9O2/c1-33-7-9-34(10-8-33)22-11-18(17-3-4-17)13-35-14-19(30-25(22)35)15-36-16-21(31-32-36)26(37)29-12-20-24(27)23(38-2)5-6-28-20/h5-6,11,13-14,16-17H,3-4,7-10,12,15H2,1-2H3,(H,29,37). The van der Waals surface area contributed by atoms with Crippen LogP contribution in [-0.2, 0) is 13.1 Å². The largest absolute Gasteiger partial charge is 0.494 e. The van der Waals surface area contributed by atoms with Crippen LogP contribution in [0.5, 0.6) is 5.75 Å². The third-order valence-corrected chi connectivity index (χ3v) is 7.15. The van der Waals surface area contributed by atoms with E-state index >= 15 is 0 Å². The number of aromatic nitrogens is 6. The number of halogens is 1. The Kier molecular flexibility index (Phi) is 6.40. The van der Waals surface area contributed by atoms with Gasteiger partial charge in [-0.15, -0.1) is 5.10 Å². The first-order chi connectivity index (χ1) is 18.5. The maximum Gasteiger partial charge on any atom is 0.273 e. The predicted molar refractivity (Wildman–Crippen MR) is 138 cm³/mol. The van der Waals surface area contributed by atoms with Crippen LogP contribution in [0.25, 0.3) is 5.65 Å². The normalized spacial score (nSPS) is 16.2. The molecule has 2 aliphatic rings. The van der Waals surface area contributed by atoms with Gasteiger partial charge in [0.25, 0.3) is 5.91 Å². The fourth-order valence-electron chi connectivity index (χ4n) is 4.80. The maximum absolute atomic E-state index is 14.3. The molecule has 5 heterocycles. The van der Waals surface area contributed by atoms with Crippen LogP contribution in [0.1, 0.15) is 46.2 Å². The summed E-state index contributed by atoms with van der Waals surface area (Å²) in [5, 5.41) is 10.7. The number of rotatable bonds is 8. The Morgan fingerprint density at radius 3 is 2.76 bits per heavy atom. The van der Waals surface area contributed by atoms with E-state index in [2.05, 4.69) is 54.1 Å². The van der Waals surface area contributed by atoms with Gasteiger partial charge < -0.3 is 24.3 Å². The molecule has 198 valence electrons. The van der Waals surface area contributed by atoms with Gasteiger partial charge >= 0.3 is 0 Å². The maximum atomic E-state index is 14.3. The summed E-state index contributed by atoms with van der Waals surface area (Å²) in [6.07, 6.45) is 9.68. The number of anilines is 1. The molecule has 0 unspecified atom stereocenters. The third kappa shape index (κ3) is 4.91. The van der Waals surface area contributed by atoms with Crippen molar-refractivity contribution in [2.75, 3.05) is 45.2 Å². The van der Waals surface area contributed by atoms with E-state index in [9.17, 15) is 9.18 Å². The monoisotopic (exact) mass is 519 g/mol. The molecule has 1 aliphatic heterocycles. The van der Waals surface area contributed by atoms with Crippen molar-refractivity contribution in [3.8, 4) is 5.75 Å². The van der Waals surface area contributed by atoms with Gasteiger partial charge in [-0.25, -0.2) is 14.1 Å². The lowest BCUT2D eigenvalue weighted by atomic mass is 10.1. The molecule has 0 bridgehead atoms. The smallest absolute Gasteiger partial charge is 0.273 e. The molecule has 1 aliphatic carbocycles. The van der Waals surface area contributed by atoms with Crippen LogP contribution in [0.4, 0.5) is 10.1 Å². The molecular formula is C26H30FN9O2. The second kappa shape index (κ2) is 10.0. The molecule has 1 N–H and O–H groups in total. The van der Waals surface area contributed by atoms with E-state index in [4.69, 9.17) is 9.72 Å². The third-order valence-electron chi connectivity index (χ3n) is 7.15. The quantitative estimate of drug-likeness (QED) is 0.377. The molecule has 11 nitrogen and oxygen atoms in total. The molecule has 0 spiro atoms. The lowest BCUT2D eigenvalue weighted by Gasteiger charge is -2.34. The first-order valence-corrected chi connectivity index (χ1v) is 12.8. The number of carbonyl (C=O) groups is 1. The Morgan fingerprint density at radius 2 is 2.00 bits per heavy atom. The Labute approximate surface area is 219 Å². The van der Waals surface area contributed by atoms with Gasteiger partial charge in [0.15, 0.2) is 22.9 Å². The van der Waals surface area contributed by atoms with Gasteiger partial charge in [-0.2, -0.15) is 0 Å². The molecule has 0 atom stereocenters. The van der Waals surface area contributed by atoms with Crippen LogP contribution >= 0.6 is 0 Å². The molecule has 0 radical (unpaired) electrons. The summed E-state index contributed by atoms with van der Waals surface area (Å²) in [5.74, 6) is -0.371. The van der Waals surface area contributed by atoms with Crippen molar-refractivity contribution in [2.45, 2.75) is 31.8 Å². The van der Waals surface area contributed by atoms with Crippen molar-refractivity contribution in [1.29, 1.82) is 0 Å². The van der Waals surface area contributed by atoms with Crippen molar-refractivity contribution in [2.24, 2.45) is 0 Å². The predicted octanol–water partition coefficient (Wildman–Crippen LogP) is 2.08. The van der Waals surface area contributed by atoms with Gasteiger partial charge in [-0.1, -0.05) is 5.21 Å². The second-order valence-electron chi connectivity index (χ2n) is 9.94. The highest BCUT2D eigenvalue weighted by Crippen LogP contribution is 2.42. The van der Waals surface area contributed by atoms with E-state index in [0.717, 1.165) is 37.5 Å². The summed E-state index contributed by atoms with van der Waals surface area (Å²) in [5.41, 5.74) is 4.50. The van der Waals surface area contributed by atoms with Gasteiger partial charge in [-0.05, 0) is 37.4 Å². The van der Waals surface area contributed by atoms with E-state index in [1.165, 1.54) is 43.5 Å². The average Bonchev–Trinajstić information content (AvgIpc) is 3.54. The fourth-order valence-corrected chi connectivity index (χ4v) is 4.80. The Bertz CT molecular complexity index is 1470. The minimum absolute atomic E-state index is 0.0719. The van der Waals surface area contributed by atoms with E-state index in [1.807, 2.05) is 6.20 Å². The highest BCUT2D eigenvalue weighted by atomic mass is 19.1.